The van der Waals surface area contributed by atoms with Gasteiger partial charge in [-0.05, 0) is 22.9 Å². The first kappa shape index (κ1) is 17.0. The molecule has 24 heavy (non-hydrogen) atoms. The minimum Gasteiger partial charge on any atom is -0.477 e. The van der Waals surface area contributed by atoms with Crippen LogP contribution in [0.25, 0.3) is 0 Å². The lowest BCUT2D eigenvalue weighted by molar-refractivity contribution is -0.150. The average molecular weight is 366 g/mol. The monoisotopic (exact) mass is 366 g/mol. The number of β-lactam (4-membered cyclic amide) rings is 1. The standard InChI is InChI=1S/C16H18N2O4S2/c1-8(2)10-7-24-15-12(14(20)18(15)13(10)16(21)22)17-11(19)6-9-4-3-5-23-9/h3-5,8,12,15H,6-7H2,1-2H3,(H,17,19)(H,21,22)/t12?,15-/m1/s1. The number of fused-ring (bicyclic) bond motifs is 1. The highest BCUT2D eigenvalue weighted by Gasteiger charge is 2.54. The van der Waals surface area contributed by atoms with Crippen LogP contribution in [0.4, 0.5) is 0 Å². The van der Waals surface area contributed by atoms with Gasteiger partial charge in [0.05, 0.1) is 6.42 Å². The highest BCUT2D eigenvalue weighted by atomic mass is 32.2. The van der Waals surface area contributed by atoms with Gasteiger partial charge in [-0.15, -0.1) is 23.1 Å². The van der Waals surface area contributed by atoms with Crippen LogP contribution in [0.5, 0.6) is 0 Å². The Kier molecular flexibility index (Phi) is 4.69. The molecule has 2 N–H and O–H groups in total. The van der Waals surface area contributed by atoms with Crippen molar-refractivity contribution in [1.82, 2.24) is 10.2 Å². The van der Waals surface area contributed by atoms with Gasteiger partial charge in [-0.2, -0.15) is 0 Å². The number of hydrogen-bond donors (Lipinski definition) is 2. The number of carboxylic acids is 1. The molecule has 0 spiro atoms. The Hall–Kier alpha value is -1.80. The minimum absolute atomic E-state index is 0.0600. The van der Waals surface area contributed by atoms with Gasteiger partial charge in [-0.1, -0.05) is 19.9 Å². The van der Waals surface area contributed by atoms with Crippen molar-refractivity contribution in [3.8, 4) is 0 Å². The van der Waals surface area contributed by atoms with Crippen LogP contribution in [-0.2, 0) is 20.8 Å². The fraction of sp³-hybridized carbons (Fsp3) is 0.438. The van der Waals surface area contributed by atoms with Crippen LogP contribution in [0, 0.1) is 5.92 Å². The number of aliphatic carboxylic acids is 1. The molecule has 8 heteroatoms. The zero-order valence-electron chi connectivity index (χ0n) is 13.3. The summed E-state index contributed by atoms with van der Waals surface area (Å²) in [4.78, 5) is 38.4. The molecule has 2 aliphatic heterocycles. The second-order valence-corrected chi connectivity index (χ2v) is 8.18. The molecule has 1 aromatic heterocycles. The van der Waals surface area contributed by atoms with E-state index in [1.165, 1.54) is 28.0 Å². The van der Waals surface area contributed by atoms with Crippen molar-refractivity contribution in [3.05, 3.63) is 33.7 Å². The van der Waals surface area contributed by atoms with Crippen molar-refractivity contribution in [2.75, 3.05) is 5.75 Å². The number of nitrogens with one attached hydrogen (secondary N) is 1. The fourth-order valence-electron chi connectivity index (χ4n) is 2.88. The largest absolute Gasteiger partial charge is 0.477 e. The summed E-state index contributed by atoms with van der Waals surface area (Å²) < 4.78 is 0. The molecular weight excluding hydrogens is 348 g/mol. The molecule has 1 saturated heterocycles. The second-order valence-electron chi connectivity index (χ2n) is 6.04. The van der Waals surface area contributed by atoms with Crippen molar-refractivity contribution in [2.45, 2.75) is 31.7 Å². The van der Waals surface area contributed by atoms with E-state index >= 15 is 0 Å². The van der Waals surface area contributed by atoms with E-state index in [0.717, 1.165) is 10.5 Å². The van der Waals surface area contributed by atoms with E-state index in [2.05, 4.69) is 5.32 Å². The summed E-state index contributed by atoms with van der Waals surface area (Å²) in [6, 6.07) is 3.09. The van der Waals surface area contributed by atoms with Gasteiger partial charge in [0, 0.05) is 10.6 Å². The summed E-state index contributed by atoms with van der Waals surface area (Å²) in [5.74, 6) is -1.02. The number of carboxylic acid groups (broad SMARTS) is 1. The Morgan fingerprint density at radius 3 is 2.79 bits per heavy atom. The molecule has 0 radical (unpaired) electrons. The number of hydrogen-bond acceptors (Lipinski definition) is 5. The molecule has 0 bridgehead atoms. The van der Waals surface area contributed by atoms with Gasteiger partial charge in [-0.3, -0.25) is 14.5 Å². The number of carbonyl (C=O) groups excluding carboxylic acids is 2. The molecule has 1 unspecified atom stereocenters. The predicted octanol–water partition coefficient (Wildman–Crippen LogP) is 1.69. The van der Waals surface area contributed by atoms with Crippen molar-refractivity contribution in [3.63, 3.8) is 0 Å². The summed E-state index contributed by atoms with van der Waals surface area (Å²) in [5, 5.41) is 13.8. The van der Waals surface area contributed by atoms with E-state index in [-0.39, 0.29) is 35.2 Å². The second kappa shape index (κ2) is 6.60. The Balaban J connectivity index is 1.72. The highest BCUT2D eigenvalue weighted by Crippen LogP contribution is 2.42. The maximum Gasteiger partial charge on any atom is 0.352 e. The highest BCUT2D eigenvalue weighted by molar-refractivity contribution is 8.00. The van der Waals surface area contributed by atoms with Crippen LogP contribution in [0.15, 0.2) is 28.8 Å². The van der Waals surface area contributed by atoms with E-state index < -0.39 is 12.0 Å². The van der Waals surface area contributed by atoms with Gasteiger partial charge in [0.2, 0.25) is 5.91 Å². The van der Waals surface area contributed by atoms with E-state index in [1.807, 2.05) is 31.4 Å². The molecule has 0 aromatic carbocycles. The third-order valence-corrected chi connectivity index (χ3v) is 6.31. The molecule has 2 amide bonds. The van der Waals surface area contributed by atoms with Crippen molar-refractivity contribution < 1.29 is 19.5 Å². The summed E-state index contributed by atoms with van der Waals surface area (Å²) in [6.45, 7) is 3.84. The Bertz CT molecular complexity index is 712. The van der Waals surface area contributed by atoms with Gasteiger partial charge in [0.1, 0.15) is 17.1 Å². The minimum atomic E-state index is -1.08. The van der Waals surface area contributed by atoms with E-state index in [0.29, 0.717) is 5.75 Å². The van der Waals surface area contributed by atoms with Crippen molar-refractivity contribution in [2.24, 2.45) is 5.92 Å². The third-order valence-electron chi connectivity index (χ3n) is 4.13. The van der Waals surface area contributed by atoms with Gasteiger partial charge >= 0.3 is 5.97 Å². The Morgan fingerprint density at radius 1 is 1.46 bits per heavy atom. The quantitative estimate of drug-likeness (QED) is 0.775. The normalized spacial score (nSPS) is 23.1. The van der Waals surface area contributed by atoms with Crippen molar-refractivity contribution in [1.29, 1.82) is 0 Å². The number of rotatable bonds is 5. The molecule has 6 nitrogen and oxygen atoms in total. The lowest BCUT2D eigenvalue weighted by atomic mass is 9.97. The maximum atomic E-state index is 12.4. The van der Waals surface area contributed by atoms with E-state index in [4.69, 9.17) is 0 Å². The smallest absolute Gasteiger partial charge is 0.352 e. The zero-order chi connectivity index (χ0) is 17.4. The average Bonchev–Trinajstić information content (AvgIpc) is 3.03. The number of nitrogens with zero attached hydrogens (tertiary/aromatic N) is 1. The fourth-order valence-corrected chi connectivity index (χ4v) is 5.14. The number of thioether (sulfide) groups is 1. The van der Waals surface area contributed by atoms with Crippen LogP contribution >= 0.6 is 23.1 Å². The Morgan fingerprint density at radius 2 is 2.21 bits per heavy atom. The molecule has 0 saturated carbocycles. The molecule has 1 fully saturated rings. The predicted molar refractivity (Wildman–Crippen MR) is 92.5 cm³/mol. The lowest BCUT2D eigenvalue weighted by Crippen LogP contribution is -2.70. The topological polar surface area (TPSA) is 86.7 Å². The number of thiophene rings is 1. The molecule has 128 valence electrons. The van der Waals surface area contributed by atoms with Gasteiger partial charge in [-0.25, -0.2) is 4.79 Å². The zero-order valence-corrected chi connectivity index (χ0v) is 14.9. The lowest BCUT2D eigenvalue weighted by Gasteiger charge is -2.50. The van der Waals surface area contributed by atoms with E-state index in [1.54, 1.807) is 0 Å². The molecule has 3 rings (SSSR count). The van der Waals surface area contributed by atoms with Gasteiger partial charge in [0.25, 0.3) is 5.91 Å². The number of carbonyl (C=O) groups is 3. The van der Waals surface area contributed by atoms with Gasteiger partial charge in [0.15, 0.2) is 0 Å². The molecule has 1 aromatic rings. The molecule has 0 aliphatic carbocycles. The summed E-state index contributed by atoms with van der Waals surface area (Å²) >= 11 is 2.99. The maximum absolute atomic E-state index is 12.4. The molecule has 2 aliphatic rings. The molecular formula is C16H18N2O4S2. The SMILES string of the molecule is CC(C)C1=C(C(=O)O)N2C(=O)C(NC(=O)Cc3cccs3)[C@H]2SC1. The van der Waals surface area contributed by atoms with Crippen LogP contribution in [0.3, 0.4) is 0 Å². The number of amides is 2. The van der Waals surface area contributed by atoms with E-state index in [9.17, 15) is 19.5 Å². The Labute approximate surface area is 147 Å². The van der Waals surface area contributed by atoms with Crippen molar-refractivity contribution >= 4 is 40.9 Å². The van der Waals surface area contributed by atoms with Crippen LogP contribution in [0.2, 0.25) is 0 Å². The first-order chi connectivity index (χ1) is 11.4. The summed E-state index contributed by atoms with van der Waals surface area (Å²) in [6.07, 6.45) is 0.234. The van der Waals surface area contributed by atoms with Crippen LogP contribution < -0.4 is 5.32 Å². The van der Waals surface area contributed by atoms with Crippen LogP contribution in [-0.4, -0.2) is 45.0 Å². The molecule has 2 atom stereocenters. The first-order valence-electron chi connectivity index (χ1n) is 7.63. The third kappa shape index (κ3) is 2.95. The summed E-state index contributed by atoms with van der Waals surface area (Å²) in [5.41, 5.74) is 0.850. The van der Waals surface area contributed by atoms with Gasteiger partial charge < -0.3 is 10.4 Å². The molecule has 3 heterocycles. The first-order valence-corrected chi connectivity index (χ1v) is 9.55. The van der Waals surface area contributed by atoms with Crippen LogP contribution in [0.1, 0.15) is 18.7 Å². The summed E-state index contributed by atoms with van der Waals surface area (Å²) in [7, 11) is 0.